The zero-order valence-electron chi connectivity index (χ0n) is 11.6. The number of carbonyl (C=O) groups excluding carboxylic acids is 1. The van der Waals surface area contributed by atoms with Crippen molar-refractivity contribution < 1.29 is 22.7 Å². The summed E-state index contributed by atoms with van der Waals surface area (Å²) in [4.78, 5) is 11.5. The number of methoxy groups -OCH3 is 1. The van der Waals surface area contributed by atoms with Gasteiger partial charge in [-0.15, -0.1) is 0 Å². The van der Waals surface area contributed by atoms with E-state index in [-0.39, 0.29) is 5.57 Å². The molecule has 0 spiro atoms. The third-order valence-corrected chi connectivity index (χ3v) is 3.58. The van der Waals surface area contributed by atoms with Crippen molar-refractivity contribution in [3.05, 3.63) is 59.7 Å². The monoisotopic (exact) mass is 307 g/mol. The van der Waals surface area contributed by atoms with Gasteiger partial charge in [-0.25, -0.2) is 4.79 Å². The van der Waals surface area contributed by atoms with E-state index in [9.17, 15) is 23.2 Å². The molecule has 0 saturated carbocycles. The third-order valence-electron chi connectivity index (χ3n) is 3.58. The van der Waals surface area contributed by atoms with Crippen LogP contribution < -0.4 is 0 Å². The van der Waals surface area contributed by atoms with Crippen LogP contribution in [-0.4, -0.2) is 19.3 Å². The highest BCUT2D eigenvalue weighted by atomic mass is 19.4. The summed E-state index contributed by atoms with van der Waals surface area (Å²) in [5.41, 5.74) is -2.75. The van der Waals surface area contributed by atoms with Crippen LogP contribution in [0.5, 0.6) is 0 Å². The predicted octanol–water partition coefficient (Wildman–Crippen LogP) is 3.51. The fourth-order valence-electron chi connectivity index (χ4n) is 2.44. The van der Waals surface area contributed by atoms with Gasteiger partial charge in [0.15, 0.2) is 5.41 Å². The summed E-state index contributed by atoms with van der Waals surface area (Å²) in [6.45, 7) is 0. The van der Waals surface area contributed by atoms with Gasteiger partial charge >= 0.3 is 12.1 Å². The molecule has 0 heterocycles. The number of esters is 1. The standard InChI is InChI=1S/C16H12F3NO2/c1-22-14(21)12-7-8-13(11-5-3-2-4-6-11)15(9-12,10-20)16(17,18)19/h2-9,13H,1H3. The maximum Gasteiger partial charge on any atom is 0.411 e. The fraction of sp³-hybridized carbons (Fsp3) is 0.250. The Bertz CT molecular complexity index is 671. The Balaban J connectivity index is 2.62. The molecule has 2 rings (SSSR count). The van der Waals surface area contributed by atoms with E-state index in [4.69, 9.17) is 0 Å². The van der Waals surface area contributed by atoms with Crippen molar-refractivity contribution in [1.82, 2.24) is 0 Å². The minimum atomic E-state index is -4.84. The molecule has 114 valence electrons. The summed E-state index contributed by atoms with van der Waals surface area (Å²) in [5, 5.41) is 9.28. The molecule has 1 aromatic rings. The third kappa shape index (κ3) is 2.50. The van der Waals surface area contributed by atoms with Crippen LogP contribution in [0.25, 0.3) is 0 Å². The molecule has 1 aromatic carbocycles. The van der Waals surface area contributed by atoms with Gasteiger partial charge in [-0.05, 0) is 11.6 Å². The van der Waals surface area contributed by atoms with Crippen LogP contribution >= 0.6 is 0 Å². The van der Waals surface area contributed by atoms with Gasteiger partial charge in [0.05, 0.1) is 18.8 Å². The van der Waals surface area contributed by atoms with Crippen LogP contribution in [0.15, 0.2) is 54.1 Å². The fourth-order valence-corrected chi connectivity index (χ4v) is 2.44. The number of benzene rings is 1. The van der Waals surface area contributed by atoms with E-state index < -0.39 is 23.5 Å². The Morgan fingerprint density at radius 3 is 2.45 bits per heavy atom. The average Bonchev–Trinajstić information content (AvgIpc) is 2.53. The lowest BCUT2D eigenvalue weighted by Gasteiger charge is -2.35. The number of rotatable bonds is 2. The van der Waals surface area contributed by atoms with E-state index >= 15 is 0 Å². The second kappa shape index (κ2) is 5.68. The number of alkyl halides is 3. The number of ether oxygens (including phenoxy) is 1. The molecule has 0 N–H and O–H groups in total. The van der Waals surface area contributed by atoms with Crippen molar-refractivity contribution in [2.45, 2.75) is 12.1 Å². The highest BCUT2D eigenvalue weighted by molar-refractivity contribution is 5.92. The van der Waals surface area contributed by atoms with Gasteiger partial charge < -0.3 is 4.74 Å². The van der Waals surface area contributed by atoms with Crippen molar-refractivity contribution in [2.24, 2.45) is 5.41 Å². The molecule has 0 saturated heterocycles. The summed E-state index contributed by atoms with van der Waals surface area (Å²) < 4.78 is 45.3. The van der Waals surface area contributed by atoms with Crippen LogP contribution in [0, 0.1) is 16.7 Å². The lowest BCUT2D eigenvalue weighted by Crippen LogP contribution is -2.41. The van der Waals surface area contributed by atoms with Crippen molar-refractivity contribution >= 4 is 5.97 Å². The predicted molar refractivity (Wildman–Crippen MR) is 72.5 cm³/mol. The first-order valence-electron chi connectivity index (χ1n) is 6.38. The van der Waals surface area contributed by atoms with Gasteiger partial charge in [-0.3, -0.25) is 0 Å². The smallest absolute Gasteiger partial charge is 0.411 e. The van der Waals surface area contributed by atoms with Crippen molar-refractivity contribution in [3.8, 4) is 6.07 Å². The molecule has 22 heavy (non-hydrogen) atoms. The topological polar surface area (TPSA) is 50.1 Å². The van der Waals surface area contributed by atoms with Crippen molar-refractivity contribution in [2.75, 3.05) is 7.11 Å². The van der Waals surface area contributed by atoms with E-state index in [2.05, 4.69) is 4.74 Å². The summed E-state index contributed by atoms with van der Waals surface area (Å²) in [7, 11) is 1.07. The highest BCUT2D eigenvalue weighted by Gasteiger charge is 2.59. The minimum absolute atomic E-state index is 0.284. The van der Waals surface area contributed by atoms with Crippen LogP contribution in [-0.2, 0) is 9.53 Å². The molecule has 1 aliphatic carbocycles. The quantitative estimate of drug-likeness (QED) is 0.786. The molecule has 2 unspecified atom stereocenters. The van der Waals surface area contributed by atoms with Gasteiger partial charge in [-0.2, -0.15) is 18.4 Å². The number of hydrogen-bond acceptors (Lipinski definition) is 3. The number of halogens is 3. The van der Waals surface area contributed by atoms with Gasteiger partial charge in [0.2, 0.25) is 0 Å². The first-order valence-corrected chi connectivity index (χ1v) is 6.38. The second-order valence-corrected chi connectivity index (χ2v) is 4.82. The first kappa shape index (κ1) is 15.8. The Kier molecular flexibility index (Phi) is 4.09. The Morgan fingerprint density at radius 2 is 1.95 bits per heavy atom. The summed E-state index contributed by atoms with van der Waals surface area (Å²) in [6, 6.07) is 9.26. The molecule has 0 aliphatic heterocycles. The summed E-state index contributed by atoms with van der Waals surface area (Å²) in [5.74, 6) is -2.14. The van der Waals surface area contributed by atoms with Crippen LogP contribution in [0.2, 0.25) is 0 Å². The SMILES string of the molecule is COC(=O)C1=CC(C#N)(C(F)(F)F)C(c2ccccc2)C=C1. The van der Waals surface area contributed by atoms with Gasteiger partial charge in [0, 0.05) is 5.92 Å². The maximum atomic E-state index is 13.6. The molecule has 0 fully saturated rings. The molecule has 0 amide bonds. The highest BCUT2D eigenvalue weighted by Crippen LogP contribution is 2.52. The largest absolute Gasteiger partial charge is 0.465 e. The number of carbonyl (C=O) groups is 1. The molecule has 6 heteroatoms. The summed E-state index contributed by atoms with van der Waals surface area (Å²) >= 11 is 0. The number of nitriles is 1. The van der Waals surface area contributed by atoms with Gasteiger partial charge in [-0.1, -0.05) is 42.5 Å². The van der Waals surface area contributed by atoms with Crippen molar-refractivity contribution in [3.63, 3.8) is 0 Å². The maximum absolute atomic E-state index is 13.6. The zero-order valence-corrected chi connectivity index (χ0v) is 11.6. The van der Waals surface area contributed by atoms with Crippen LogP contribution in [0.3, 0.4) is 0 Å². The molecule has 3 nitrogen and oxygen atoms in total. The van der Waals surface area contributed by atoms with Crippen LogP contribution in [0.4, 0.5) is 13.2 Å². The molecule has 1 aliphatic rings. The summed E-state index contributed by atoms with van der Waals surface area (Å²) in [6.07, 6.45) is -1.72. The second-order valence-electron chi connectivity index (χ2n) is 4.82. The lowest BCUT2D eigenvalue weighted by atomic mass is 9.68. The average molecular weight is 307 g/mol. The molecule has 0 aromatic heterocycles. The number of nitrogens with zero attached hydrogens (tertiary/aromatic N) is 1. The number of allylic oxidation sites excluding steroid dienone is 2. The van der Waals surface area contributed by atoms with E-state index in [1.807, 2.05) is 0 Å². The number of hydrogen-bond donors (Lipinski definition) is 0. The first-order chi connectivity index (χ1) is 10.4. The normalized spacial score (nSPS) is 24.3. The molecular formula is C16H12F3NO2. The van der Waals surface area contributed by atoms with E-state index in [0.29, 0.717) is 11.6 Å². The van der Waals surface area contributed by atoms with Crippen LogP contribution in [0.1, 0.15) is 11.5 Å². The van der Waals surface area contributed by atoms with Crippen molar-refractivity contribution in [1.29, 1.82) is 5.26 Å². The van der Waals surface area contributed by atoms with Gasteiger partial charge in [0.1, 0.15) is 0 Å². The van der Waals surface area contributed by atoms with E-state index in [1.165, 1.54) is 30.4 Å². The Morgan fingerprint density at radius 1 is 1.32 bits per heavy atom. The Labute approximate surface area is 125 Å². The molecule has 0 radical (unpaired) electrons. The van der Waals surface area contributed by atoms with E-state index in [1.54, 1.807) is 18.2 Å². The minimum Gasteiger partial charge on any atom is -0.465 e. The molecule has 2 atom stereocenters. The Hall–Kier alpha value is -2.55. The van der Waals surface area contributed by atoms with E-state index in [0.717, 1.165) is 7.11 Å². The lowest BCUT2D eigenvalue weighted by molar-refractivity contribution is -0.190. The molecular weight excluding hydrogens is 295 g/mol. The van der Waals surface area contributed by atoms with Gasteiger partial charge in [0.25, 0.3) is 0 Å². The zero-order chi connectivity index (χ0) is 16.4. The molecule has 0 bridgehead atoms.